The summed E-state index contributed by atoms with van der Waals surface area (Å²) >= 11 is 0. The number of unbranched alkanes of at least 4 members (excludes halogenated alkanes) is 1. The Morgan fingerprint density at radius 3 is 2.17 bits per heavy atom. The van der Waals surface area contributed by atoms with Crippen molar-refractivity contribution in [2.24, 2.45) is 0 Å². The van der Waals surface area contributed by atoms with Crippen LogP contribution in [0.2, 0.25) is 0 Å². The number of fused-ring (bicyclic) bond motifs is 3. The Kier molecular flexibility index (Phi) is 8.87. The summed E-state index contributed by atoms with van der Waals surface area (Å²) < 4.78 is 11.0. The summed E-state index contributed by atoms with van der Waals surface area (Å²) in [5.74, 6) is -1.25. The van der Waals surface area contributed by atoms with Gasteiger partial charge < -0.3 is 24.8 Å². The van der Waals surface area contributed by atoms with E-state index < -0.39 is 17.6 Å². The van der Waals surface area contributed by atoms with Crippen molar-refractivity contribution in [2.45, 2.75) is 44.1 Å². The van der Waals surface area contributed by atoms with Crippen LogP contribution < -0.4 is 5.32 Å². The van der Waals surface area contributed by atoms with Gasteiger partial charge in [-0.3, -0.25) is 9.59 Å². The molecule has 2 amide bonds. The molecule has 8 nitrogen and oxygen atoms in total. The van der Waals surface area contributed by atoms with Crippen LogP contribution in [0.3, 0.4) is 0 Å². The van der Waals surface area contributed by atoms with Gasteiger partial charge in [0.15, 0.2) is 0 Å². The Balaban J connectivity index is 1.67. The van der Waals surface area contributed by atoms with E-state index in [0.717, 1.165) is 22.3 Å². The van der Waals surface area contributed by atoms with E-state index in [2.05, 4.69) is 17.4 Å². The van der Waals surface area contributed by atoms with Crippen molar-refractivity contribution < 1.29 is 29.0 Å². The van der Waals surface area contributed by atoms with Crippen LogP contribution in [0.4, 0.5) is 4.79 Å². The fraction of sp³-hybridized carbons (Fsp3) is 0.444. The molecule has 0 heterocycles. The third kappa shape index (κ3) is 6.00. The predicted molar refractivity (Wildman–Crippen MR) is 132 cm³/mol. The molecule has 2 N–H and O–H groups in total. The van der Waals surface area contributed by atoms with Gasteiger partial charge in [0.1, 0.15) is 12.1 Å². The number of aliphatic carboxylic acids is 1. The quantitative estimate of drug-likeness (QED) is 0.443. The summed E-state index contributed by atoms with van der Waals surface area (Å²) in [5.41, 5.74) is 3.21. The molecule has 1 aliphatic carbocycles. The van der Waals surface area contributed by atoms with Crippen LogP contribution >= 0.6 is 0 Å². The Labute approximate surface area is 206 Å². The highest BCUT2D eigenvalue weighted by Crippen LogP contribution is 2.44. The number of nitrogens with one attached hydrogen (secondary N) is 1. The topological polar surface area (TPSA) is 105 Å². The number of likely N-dealkylation sites (N-methyl/N-ethyl adjacent to an activating group) is 1. The molecular formula is C27H34N2O6. The van der Waals surface area contributed by atoms with E-state index in [-0.39, 0.29) is 31.5 Å². The zero-order valence-corrected chi connectivity index (χ0v) is 20.6. The third-order valence-electron chi connectivity index (χ3n) is 6.57. The second-order valence-corrected chi connectivity index (χ2v) is 8.90. The van der Waals surface area contributed by atoms with Gasteiger partial charge in [-0.15, -0.1) is 0 Å². The molecule has 0 bridgehead atoms. The van der Waals surface area contributed by atoms with E-state index in [4.69, 9.17) is 14.6 Å². The number of alkyl carbamates (subject to hydrolysis) is 1. The average Bonchev–Trinajstić information content (AvgIpc) is 3.18. The monoisotopic (exact) mass is 482 g/mol. The van der Waals surface area contributed by atoms with Crippen molar-refractivity contribution in [3.8, 4) is 11.1 Å². The van der Waals surface area contributed by atoms with Crippen LogP contribution in [-0.2, 0) is 19.1 Å². The highest BCUT2D eigenvalue weighted by atomic mass is 16.5. The van der Waals surface area contributed by atoms with Gasteiger partial charge in [-0.1, -0.05) is 55.5 Å². The highest BCUT2D eigenvalue weighted by Gasteiger charge is 2.41. The van der Waals surface area contributed by atoms with E-state index in [0.29, 0.717) is 25.8 Å². The van der Waals surface area contributed by atoms with E-state index in [1.807, 2.05) is 36.4 Å². The van der Waals surface area contributed by atoms with Crippen molar-refractivity contribution in [1.82, 2.24) is 10.2 Å². The molecule has 1 unspecified atom stereocenters. The summed E-state index contributed by atoms with van der Waals surface area (Å²) in [4.78, 5) is 38.4. The molecule has 1 aliphatic rings. The number of carbonyl (C=O) groups is 3. The lowest BCUT2D eigenvalue weighted by Gasteiger charge is -2.35. The Morgan fingerprint density at radius 1 is 1.03 bits per heavy atom. The van der Waals surface area contributed by atoms with E-state index in [1.54, 1.807) is 14.0 Å². The van der Waals surface area contributed by atoms with Crippen molar-refractivity contribution in [3.63, 3.8) is 0 Å². The fourth-order valence-corrected chi connectivity index (χ4v) is 4.66. The maximum atomic E-state index is 13.3. The zero-order chi connectivity index (χ0) is 25.4. The van der Waals surface area contributed by atoms with Gasteiger partial charge in [-0.2, -0.15) is 0 Å². The number of hydrogen-bond donors (Lipinski definition) is 2. The van der Waals surface area contributed by atoms with Crippen LogP contribution in [0.5, 0.6) is 0 Å². The van der Waals surface area contributed by atoms with Crippen LogP contribution in [0.25, 0.3) is 11.1 Å². The number of ether oxygens (including phenoxy) is 2. The predicted octanol–water partition coefficient (Wildman–Crippen LogP) is 4.03. The van der Waals surface area contributed by atoms with Gasteiger partial charge in [-0.05, 0) is 41.5 Å². The lowest BCUT2D eigenvalue weighted by Crippen LogP contribution is -2.61. The minimum Gasteiger partial charge on any atom is -0.481 e. The Morgan fingerprint density at radius 2 is 1.63 bits per heavy atom. The molecule has 0 fully saturated rings. The number of carboxylic acid groups (broad SMARTS) is 1. The molecule has 0 saturated carbocycles. The molecule has 2 aromatic carbocycles. The molecule has 1 atom stereocenters. The molecule has 0 spiro atoms. The van der Waals surface area contributed by atoms with Crippen LogP contribution in [0.1, 0.15) is 49.7 Å². The van der Waals surface area contributed by atoms with Crippen molar-refractivity contribution in [2.75, 3.05) is 33.9 Å². The maximum absolute atomic E-state index is 13.3. The third-order valence-corrected chi connectivity index (χ3v) is 6.57. The SMILES string of the molecule is CCC(COC)(NC(=O)OCC1c2ccccc2-c2ccccc21)C(=O)N(C)CCCCC(=O)O. The fourth-order valence-electron chi connectivity index (χ4n) is 4.66. The molecule has 0 radical (unpaired) electrons. The molecule has 0 saturated heterocycles. The first kappa shape index (κ1) is 26.2. The Hall–Kier alpha value is -3.39. The van der Waals surface area contributed by atoms with E-state index in [1.165, 1.54) is 12.0 Å². The first-order chi connectivity index (χ1) is 16.8. The number of hydrogen-bond acceptors (Lipinski definition) is 5. The summed E-state index contributed by atoms with van der Waals surface area (Å²) in [6.07, 6.45) is 0.696. The second-order valence-electron chi connectivity index (χ2n) is 8.90. The van der Waals surface area contributed by atoms with Gasteiger partial charge in [0.2, 0.25) is 0 Å². The highest BCUT2D eigenvalue weighted by molar-refractivity contribution is 5.90. The number of methoxy groups -OCH3 is 1. The smallest absolute Gasteiger partial charge is 0.408 e. The van der Waals surface area contributed by atoms with Gasteiger partial charge in [-0.25, -0.2) is 4.79 Å². The first-order valence-electron chi connectivity index (χ1n) is 11.9. The second kappa shape index (κ2) is 11.8. The van der Waals surface area contributed by atoms with Crippen molar-refractivity contribution in [3.05, 3.63) is 59.7 Å². The largest absolute Gasteiger partial charge is 0.481 e. The van der Waals surface area contributed by atoms with E-state index >= 15 is 0 Å². The minimum absolute atomic E-state index is 0.00794. The lowest BCUT2D eigenvalue weighted by molar-refractivity contribution is -0.139. The van der Waals surface area contributed by atoms with Crippen LogP contribution in [-0.4, -0.2) is 67.4 Å². The average molecular weight is 483 g/mol. The van der Waals surface area contributed by atoms with Crippen LogP contribution in [0, 0.1) is 0 Å². The van der Waals surface area contributed by atoms with Crippen LogP contribution in [0.15, 0.2) is 48.5 Å². The Bertz CT molecular complexity index is 1010. The summed E-state index contributed by atoms with van der Waals surface area (Å²) in [6, 6.07) is 16.2. The number of nitrogens with zero attached hydrogens (tertiary/aromatic N) is 1. The normalized spacial score (nSPS) is 13.9. The molecule has 3 rings (SSSR count). The number of rotatable bonds is 12. The number of carboxylic acids is 1. The summed E-state index contributed by atoms with van der Waals surface area (Å²) in [5, 5.41) is 11.6. The summed E-state index contributed by atoms with van der Waals surface area (Å²) in [6.45, 7) is 2.32. The molecule has 188 valence electrons. The first-order valence-corrected chi connectivity index (χ1v) is 11.9. The zero-order valence-electron chi connectivity index (χ0n) is 20.6. The lowest BCUT2D eigenvalue weighted by atomic mass is 9.95. The van der Waals surface area contributed by atoms with Gasteiger partial charge >= 0.3 is 12.1 Å². The van der Waals surface area contributed by atoms with Gasteiger partial charge in [0, 0.05) is 33.0 Å². The van der Waals surface area contributed by atoms with Gasteiger partial charge in [0.05, 0.1) is 6.61 Å². The molecular weight excluding hydrogens is 448 g/mol. The van der Waals surface area contributed by atoms with Gasteiger partial charge in [0.25, 0.3) is 5.91 Å². The minimum atomic E-state index is -1.28. The number of benzene rings is 2. The summed E-state index contributed by atoms with van der Waals surface area (Å²) in [7, 11) is 3.12. The number of carbonyl (C=O) groups excluding carboxylic acids is 2. The van der Waals surface area contributed by atoms with Crippen molar-refractivity contribution in [1.29, 1.82) is 0 Å². The number of amides is 2. The standard InChI is InChI=1S/C27H34N2O6/c1-4-27(18-34-3,25(32)29(2)16-10-9-15-24(30)31)28-26(33)35-17-23-21-13-7-5-11-19(21)20-12-6-8-14-22(20)23/h5-8,11-14,23H,4,9-10,15-18H2,1-3H3,(H,28,33)(H,30,31). The molecule has 2 aromatic rings. The maximum Gasteiger partial charge on any atom is 0.408 e. The molecule has 35 heavy (non-hydrogen) atoms. The molecule has 0 aromatic heterocycles. The molecule has 8 heteroatoms. The molecule has 0 aliphatic heterocycles. The van der Waals surface area contributed by atoms with E-state index in [9.17, 15) is 14.4 Å². The van der Waals surface area contributed by atoms with Crippen molar-refractivity contribution >= 4 is 18.0 Å².